The van der Waals surface area contributed by atoms with Gasteiger partial charge >= 0.3 is 6.09 Å². The fourth-order valence-corrected chi connectivity index (χ4v) is 2.45. The van der Waals surface area contributed by atoms with Crippen LogP contribution >= 0.6 is 11.6 Å². The summed E-state index contributed by atoms with van der Waals surface area (Å²) in [6.07, 6.45) is -1.14. The molecule has 1 aromatic carbocycles. The van der Waals surface area contributed by atoms with Crippen LogP contribution in [-0.4, -0.2) is 47.6 Å². The number of carboxylic acid groups (broad SMARTS) is 1. The molecule has 2 rings (SSSR count). The van der Waals surface area contributed by atoms with Crippen molar-refractivity contribution in [3.63, 3.8) is 0 Å². The van der Waals surface area contributed by atoms with E-state index in [1.165, 1.54) is 4.90 Å². The molecule has 8 heteroatoms. The van der Waals surface area contributed by atoms with Gasteiger partial charge in [-0.25, -0.2) is 9.78 Å². The van der Waals surface area contributed by atoms with E-state index in [2.05, 4.69) is 15.6 Å². The molecule has 1 atom stereocenters. The van der Waals surface area contributed by atoms with Gasteiger partial charge in [-0.15, -0.1) is 0 Å². The zero-order valence-electron chi connectivity index (χ0n) is 13.6. The number of rotatable bonds is 5. The fraction of sp³-hybridized carbons (Fsp3) is 0.312. The molecule has 3 N–H and O–H groups in total. The number of aromatic nitrogens is 1. The van der Waals surface area contributed by atoms with Crippen LogP contribution in [0.4, 0.5) is 10.6 Å². The summed E-state index contributed by atoms with van der Waals surface area (Å²) in [5, 5.41) is 15.6. The minimum atomic E-state index is -1.14. The highest BCUT2D eigenvalue weighted by Crippen LogP contribution is 2.29. The fourth-order valence-electron chi connectivity index (χ4n) is 2.23. The second-order valence-corrected chi connectivity index (χ2v) is 5.96. The van der Waals surface area contributed by atoms with Gasteiger partial charge in [-0.1, -0.05) is 23.7 Å². The van der Waals surface area contributed by atoms with Crippen LogP contribution in [0.3, 0.4) is 0 Å². The zero-order valence-corrected chi connectivity index (χ0v) is 14.4. The number of amides is 2. The predicted octanol–water partition coefficient (Wildman–Crippen LogP) is 2.72. The first-order valence-electron chi connectivity index (χ1n) is 7.32. The van der Waals surface area contributed by atoms with E-state index in [1.807, 2.05) is 12.1 Å². The number of halogens is 1. The van der Waals surface area contributed by atoms with Crippen molar-refractivity contribution >= 4 is 40.3 Å². The summed E-state index contributed by atoms with van der Waals surface area (Å²) >= 11 is 6.18. The molecule has 0 saturated carbocycles. The standard InChI is InChI=1S/C16H19ClN4O3/c1-9(19-16(23)24)11-7-10-5-4-6-12(17)14(10)20-15(11)18-8-13(22)21(2)3/h4-7,9,19H,8H2,1-3H3,(H,18,20)(H,23,24). The van der Waals surface area contributed by atoms with E-state index in [1.54, 1.807) is 33.2 Å². The molecule has 0 aliphatic heterocycles. The molecule has 0 radical (unpaired) electrons. The molecule has 2 amide bonds. The summed E-state index contributed by atoms with van der Waals surface area (Å²) in [5.74, 6) is 0.299. The van der Waals surface area contributed by atoms with Gasteiger partial charge in [0.1, 0.15) is 5.82 Å². The molecule has 0 saturated heterocycles. The Bertz CT molecular complexity index is 779. The highest BCUT2D eigenvalue weighted by Gasteiger charge is 2.17. The first kappa shape index (κ1) is 17.8. The maximum atomic E-state index is 11.8. The molecule has 0 spiro atoms. The number of para-hydroxylation sites is 1. The molecule has 2 aromatic rings. The number of likely N-dealkylation sites (N-methyl/N-ethyl adjacent to an activating group) is 1. The molecular weight excluding hydrogens is 332 g/mol. The summed E-state index contributed by atoms with van der Waals surface area (Å²) in [4.78, 5) is 28.7. The van der Waals surface area contributed by atoms with Crippen LogP contribution in [0.5, 0.6) is 0 Å². The van der Waals surface area contributed by atoms with Gasteiger partial charge < -0.3 is 20.6 Å². The first-order valence-corrected chi connectivity index (χ1v) is 7.70. The van der Waals surface area contributed by atoms with Crippen LogP contribution in [-0.2, 0) is 4.79 Å². The molecule has 1 unspecified atom stereocenters. The topological polar surface area (TPSA) is 94.6 Å². The molecule has 0 bridgehead atoms. The third-order valence-electron chi connectivity index (χ3n) is 3.54. The number of nitrogens with one attached hydrogen (secondary N) is 2. The highest BCUT2D eigenvalue weighted by atomic mass is 35.5. The molecule has 24 heavy (non-hydrogen) atoms. The Labute approximate surface area is 144 Å². The first-order chi connectivity index (χ1) is 11.3. The largest absolute Gasteiger partial charge is 0.465 e. The Hall–Kier alpha value is -2.54. The van der Waals surface area contributed by atoms with Crippen LogP contribution in [0.15, 0.2) is 24.3 Å². The SMILES string of the molecule is CC(NC(=O)O)c1cc2cccc(Cl)c2nc1NCC(=O)N(C)C. The van der Waals surface area contributed by atoms with Gasteiger partial charge in [-0.2, -0.15) is 0 Å². The van der Waals surface area contributed by atoms with E-state index in [9.17, 15) is 9.59 Å². The van der Waals surface area contributed by atoms with Crippen molar-refractivity contribution in [1.82, 2.24) is 15.2 Å². The van der Waals surface area contributed by atoms with Crippen LogP contribution in [0.1, 0.15) is 18.5 Å². The van der Waals surface area contributed by atoms with Gasteiger partial charge in [-0.3, -0.25) is 4.79 Å². The minimum absolute atomic E-state index is 0.0444. The van der Waals surface area contributed by atoms with E-state index in [4.69, 9.17) is 16.7 Å². The Kier molecular flexibility index (Phi) is 5.46. The minimum Gasteiger partial charge on any atom is -0.465 e. The van der Waals surface area contributed by atoms with Crippen molar-refractivity contribution in [2.24, 2.45) is 0 Å². The molecule has 128 valence electrons. The summed E-state index contributed by atoms with van der Waals surface area (Å²) < 4.78 is 0. The molecule has 1 aromatic heterocycles. The monoisotopic (exact) mass is 350 g/mol. The quantitative estimate of drug-likeness (QED) is 0.770. The van der Waals surface area contributed by atoms with E-state index >= 15 is 0 Å². The van der Waals surface area contributed by atoms with Crippen molar-refractivity contribution in [3.8, 4) is 0 Å². The van der Waals surface area contributed by atoms with Gasteiger partial charge in [0.05, 0.1) is 23.1 Å². The Morgan fingerprint density at radius 2 is 2.08 bits per heavy atom. The number of pyridine rings is 1. The van der Waals surface area contributed by atoms with Crippen LogP contribution in [0.2, 0.25) is 5.02 Å². The van der Waals surface area contributed by atoms with Crippen LogP contribution < -0.4 is 10.6 Å². The average molecular weight is 351 g/mol. The third-order valence-corrected chi connectivity index (χ3v) is 3.84. The van der Waals surface area contributed by atoms with Gasteiger partial charge in [-0.05, 0) is 19.1 Å². The maximum Gasteiger partial charge on any atom is 0.405 e. The normalized spacial score (nSPS) is 11.8. The lowest BCUT2D eigenvalue weighted by atomic mass is 10.1. The highest BCUT2D eigenvalue weighted by molar-refractivity contribution is 6.35. The summed E-state index contributed by atoms with van der Waals surface area (Å²) in [6, 6.07) is 6.69. The van der Waals surface area contributed by atoms with Gasteiger partial charge in [0.15, 0.2) is 0 Å². The Morgan fingerprint density at radius 3 is 2.71 bits per heavy atom. The summed E-state index contributed by atoms with van der Waals surface area (Å²) in [7, 11) is 3.31. The van der Waals surface area contributed by atoms with Crippen LogP contribution in [0.25, 0.3) is 10.9 Å². The molecule has 0 aliphatic carbocycles. The molecule has 7 nitrogen and oxygen atoms in total. The zero-order chi connectivity index (χ0) is 17.9. The predicted molar refractivity (Wildman–Crippen MR) is 93.5 cm³/mol. The molecule has 0 aliphatic rings. The number of hydrogen-bond acceptors (Lipinski definition) is 4. The van der Waals surface area contributed by atoms with E-state index in [0.717, 1.165) is 5.39 Å². The smallest absolute Gasteiger partial charge is 0.405 e. The van der Waals surface area contributed by atoms with E-state index in [0.29, 0.717) is 21.9 Å². The van der Waals surface area contributed by atoms with Crippen molar-refractivity contribution in [3.05, 3.63) is 34.9 Å². The van der Waals surface area contributed by atoms with E-state index in [-0.39, 0.29) is 12.5 Å². The van der Waals surface area contributed by atoms with E-state index < -0.39 is 12.1 Å². The second-order valence-electron chi connectivity index (χ2n) is 5.55. The number of nitrogens with zero attached hydrogens (tertiary/aromatic N) is 2. The summed E-state index contributed by atoms with van der Waals surface area (Å²) in [6.45, 7) is 1.75. The van der Waals surface area contributed by atoms with Crippen molar-refractivity contribution < 1.29 is 14.7 Å². The van der Waals surface area contributed by atoms with Gasteiger partial charge in [0.25, 0.3) is 0 Å². The lowest BCUT2D eigenvalue weighted by Crippen LogP contribution is -2.30. The number of carbonyl (C=O) groups excluding carboxylic acids is 1. The number of carbonyl (C=O) groups is 2. The third kappa shape index (κ3) is 4.05. The molecular formula is C16H19ClN4O3. The number of hydrogen-bond donors (Lipinski definition) is 3. The second kappa shape index (κ2) is 7.35. The maximum absolute atomic E-state index is 11.8. The molecule has 1 heterocycles. The Morgan fingerprint density at radius 1 is 1.38 bits per heavy atom. The van der Waals surface area contributed by atoms with Crippen molar-refractivity contribution in [2.75, 3.05) is 26.0 Å². The number of fused-ring (bicyclic) bond motifs is 1. The number of benzene rings is 1. The summed E-state index contributed by atoms with van der Waals surface area (Å²) in [5.41, 5.74) is 1.23. The molecule has 0 fully saturated rings. The Balaban J connectivity index is 2.45. The lowest BCUT2D eigenvalue weighted by molar-refractivity contribution is -0.126. The van der Waals surface area contributed by atoms with Crippen molar-refractivity contribution in [1.29, 1.82) is 0 Å². The van der Waals surface area contributed by atoms with Crippen molar-refractivity contribution in [2.45, 2.75) is 13.0 Å². The average Bonchev–Trinajstić information content (AvgIpc) is 2.51. The van der Waals surface area contributed by atoms with Gasteiger partial charge in [0.2, 0.25) is 5.91 Å². The number of anilines is 1. The van der Waals surface area contributed by atoms with Crippen LogP contribution in [0, 0.1) is 0 Å². The lowest BCUT2D eigenvalue weighted by Gasteiger charge is -2.19. The van der Waals surface area contributed by atoms with Gasteiger partial charge in [0, 0.05) is 25.0 Å².